The zero-order valence-corrected chi connectivity index (χ0v) is 6.93. The summed E-state index contributed by atoms with van der Waals surface area (Å²) < 4.78 is 0. The van der Waals surface area contributed by atoms with E-state index in [9.17, 15) is 0 Å². The van der Waals surface area contributed by atoms with Crippen LogP contribution in [0.25, 0.3) is 4.85 Å². The molecule has 0 radical (unpaired) electrons. The zero-order valence-electron chi connectivity index (χ0n) is 6.93. The summed E-state index contributed by atoms with van der Waals surface area (Å²) in [7, 11) is 0. The number of allylic oxidation sites excluding steroid dienone is 1. The summed E-state index contributed by atoms with van der Waals surface area (Å²) in [5, 5.41) is 0. The van der Waals surface area contributed by atoms with Crippen molar-refractivity contribution in [2.45, 2.75) is 26.7 Å². The van der Waals surface area contributed by atoms with E-state index in [4.69, 9.17) is 0 Å². The molecule has 0 aliphatic carbocycles. The Hall–Kier alpha value is -0.770. The van der Waals surface area contributed by atoms with E-state index < -0.39 is 0 Å². The Labute approximate surface area is 63.6 Å². The van der Waals surface area contributed by atoms with Crippen LogP contribution in [0.15, 0.2) is 12.7 Å². The molecule has 0 aliphatic rings. The minimum absolute atomic E-state index is 0.632. The summed E-state index contributed by atoms with van der Waals surface area (Å²) in [5.41, 5.74) is 0. The second-order valence-electron chi connectivity index (χ2n) is 2.46. The highest BCUT2D eigenvalue weighted by Crippen LogP contribution is 2.05. The SMILES string of the molecule is C=CC(C)CCC[N+]#CC. The van der Waals surface area contributed by atoms with Crippen molar-refractivity contribution in [3.63, 3.8) is 0 Å². The van der Waals surface area contributed by atoms with Crippen LogP contribution >= 0.6 is 0 Å². The van der Waals surface area contributed by atoms with E-state index in [2.05, 4.69) is 24.4 Å². The topological polar surface area (TPSA) is 4.36 Å². The minimum Gasteiger partial charge on any atom is -0.103 e. The van der Waals surface area contributed by atoms with Crippen molar-refractivity contribution in [2.75, 3.05) is 6.54 Å². The van der Waals surface area contributed by atoms with Crippen LogP contribution in [0.2, 0.25) is 0 Å². The fourth-order valence-corrected chi connectivity index (χ4v) is 0.722. The molecule has 0 aromatic rings. The smallest absolute Gasteiger partial charge is 0.103 e. The molecule has 0 aromatic heterocycles. The van der Waals surface area contributed by atoms with Crippen molar-refractivity contribution in [1.29, 1.82) is 0 Å². The van der Waals surface area contributed by atoms with Gasteiger partial charge >= 0.3 is 0 Å². The maximum Gasteiger partial charge on any atom is 0.269 e. The van der Waals surface area contributed by atoms with Gasteiger partial charge in [-0.15, -0.1) is 6.58 Å². The Morgan fingerprint density at radius 2 is 2.40 bits per heavy atom. The average molecular weight is 138 g/mol. The van der Waals surface area contributed by atoms with Crippen LogP contribution in [-0.2, 0) is 0 Å². The van der Waals surface area contributed by atoms with Crippen LogP contribution in [0.5, 0.6) is 0 Å². The van der Waals surface area contributed by atoms with Crippen LogP contribution < -0.4 is 0 Å². The van der Waals surface area contributed by atoms with E-state index in [1.807, 2.05) is 13.0 Å². The molecule has 0 bridgehead atoms. The van der Waals surface area contributed by atoms with Gasteiger partial charge in [-0.05, 0) is 12.3 Å². The van der Waals surface area contributed by atoms with Crippen molar-refractivity contribution in [1.82, 2.24) is 0 Å². The van der Waals surface area contributed by atoms with Gasteiger partial charge in [0.1, 0.15) is 0 Å². The molecule has 0 aromatic carbocycles. The maximum atomic E-state index is 3.99. The van der Waals surface area contributed by atoms with Crippen molar-refractivity contribution < 1.29 is 0 Å². The van der Waals surface area contributed by atoms with Crippen molar-refractivity contribution in [3.05, 3.63) is 17.5 Å². The van der Waals surface area contributed by atoms with Crippen LogP contribution in [-0.4, -0.2) is 6.54 Å². The molecule has 1 unspecified atom stereocenters. The van der Waals surface area contributed by atoms with E-state index in [1.54, 1.807) is 0 Å². The summed E-state index contributed by atoms with van der Waals surface area (Å²) in [6.45, 7) is 8.63. The van der Waals surface area contributed by atoms with Crippen LogP contribution in [0.1, 0.15) is 26.7 Å². The molecule has 10 heavy (non-hydrogen) atoms. The standard InChI is InChI=1S/C9H16N/c1-4-9(3)7-6-8-10-5-2/h4,9H,1,6-8H2,2-3H3/q+1. The molecule has 0 rings (SSSR count). The molecule has 0 amide bonds. The molecule has 0 N–H and O–H groups in total. The van der Waals surface area contributed by atoms with E-state index in [1.165, 1.54) is 6.42 Å². The molecule has 0 aliphatic heterocycles. The Balaban J connectivity index is 3.16. The predicted octanol–water partition coefficient (Wildman–Crippen LogP) is 2.94. The van der Waals surface area contributed by atoms with E-state index in [-0.39, 0.29) is 0 Å². The van der Waals surface area contributed by atoms with Gasteiger partial charge in [0.25, 0.3) is 12.6 Å². The van der Waals surface area contributed by atoms with Gasteiger partial charge in [0.05, 0.1) is 6.92 Å². The highest BCUT2D eigenvalue weighted by atomic mass is 14.6. The van der Waals surface area contributed by atoms with Gasteiger partial charge in [0.15, 0.2) is 0 Å². The Kier molecular flexibility index (Phi) is 5.86. The van der Waals surface area contributed by atoms with Gasteiger partial charge in [-0.25, -0.2) is 0 Å². The first-order valence-corrected chi connectivity index (χ1v) is 3.77. The zero-order chi connectivity index (χ0) is 7.82. The van der Waals surface area contributed by atoms with Crippen LogP contribution in [0, 0.1) is 12.0 Å². The van der Waals surface area contributed by atoms with Gasteiger partial charge in [0, 0.05) is 6.42 Å². The van der Waals surface area contributed by atoms with Gasteiger partial charge < -0.3 is 0 Å². The summed E-state index contributed by atoms with van der Waals surface area (Å²) in [6.07, 6.45) is 4.32. The summed E-state index contributed by atoms with van der Waals surface area (Å²) in [4.78, 5) is 3.99. The maximum absolute atomic E-state index is 3.99. The number of hydrogen-bond acceptors (Lipinski definition) is 0. The minimum atomic E-state index is 0.632. The van der Waals surface area contributed by atoms with Crippen molar-refractivity contribution >= 4 is 0 Å². The molecule has 0 heterocycles. The molecule has 0 saturated carbocycles. The highest BCUT2D eigenvalue weighted by molar-refractivity contribution is 4.81. The van der Waals surface area contributed by atoms with Crippen molar-refractivity contribution in [3.8, 4) is 6.07 Å². The fourth-order valence-electron chi connectivity index (χ4n) is 0.722. The number of rotatable bonds is 4. The first-order chi connectivity index (χ1) is 4.81. The normalized spacial score (nSPS) is 11.4. The van der Waals surface area contributed by atoms with Crippen LogP contribution in [0.4, 0.5) is 0 Å². The Morgan fingerprint density at radius 1 is 1.70 bits per heavy atom. The molecule has 1 atom stereocenters. The number of hydrogen-bond donors (Lipinski definition) is 0. The lowest BCUT2D eigenvalue weighted by Gasteiger charge is -1.98. The summed E-state index contributed by atoms with van der Waals surface area (Å²) >= 11 is 0. The third-order valence-electron chi connectivity index (χ3n) is 1.49. The predicted molar refractivity (Wildman–Crippen MR) is 46.4 cm³/mol. The van der Waals surface area contributed by atoms with Gasteiger partial charge in [-0.2, -0.15) is 0 Å². The second kappa shape index (κ2) is 6.35. The summed E-state index contributed by atoms with van der Waals surface area (Å²) in [6, 6.07) is 2.76. The number of nitrogens with zero attached hydrogens (tertiary/aromatic N) is 1. The highest BCUT2D eigenvalue weighted by Gasteiger charge is 1.97. The lowest BCUT2D eigenvalue weighted by molar-refractivity contribution is 0.629. The third kappa shape index (κ3) is 5.37. The Morgan fingerprint density at radius 3 is 2.90 bits per heavy atom. The Bertz CT molecular complexity index is 139. The van der Waals surface area contributed by atoms with E-state index >= 15 is 0 Å². The molecular weight excluding hydrogens is 122 g/mol. The molecule has 0 saturated heterocycles. The second-order valence-corrected chi connectivity index (χ2v) is 2.46. The van der Waals surface area contributed by atoms with Gasteiger partial charge in [-0.1, -0.05) is 17.8 Å². The van der Waals surface area contributed by atoms with Gasteiger partial charge in [-0.3, -0.25) is 0 Å². The summed E-state index contributed by atoms with van der Waals surface area (Å²) in [5.74, 6) is 0.632. The largest absolute Gasteiger partial charge is 0.269 e. The lowest BCUT2D eigenvalue weighted by Crippen LogP contribution is -1.89. The molecule has 1 nitrogen and oxygen atoms in total. The van der Waals surface area contributed by atoms with Gasteiger partial charge in [0.2, 0.25) is 0 Å². The molecule has 0 spiro atoms. The fraction of sp³-hybridized carbons (Fsp3) is 0.667. The monoisotopic (exact) mass is 138 g/mol. The quantitative estimate of drug-likeness (QED) is 0.415. The van der Waals surface area contributed by atoms with Crippen molar-refractivity contribution in [2.24, 2.45) is 5.92 Å². The van der Waals surface area contributed by atoms with Crippen LogP contribution in [0.3, 0.4) is 0 Å². The first-order valence-electron chi connectivity index (χ1n) is 3.77. The molecule has 1 heteroatoms. The lowest BCUT2D eigenvalue weighted by atomic mass is 10.1. The molecule has 0 fully saturated rings. The third-order valence-corrected chi connectivity index (χ3v) is 1.49. The molecular formula is C9H16N+. The average Bonchev–Trinajstić information content (AvgIpc) is 1.98. The first kappa shape index (κ1) is 9.23. The van der Waals surface area contributed by atoms with E-state index in [0.717, 1.165) is 13.0 Å². The molecule has 56 valence electrons. The van der Waals surface area contributed by atoms with E-state index in [0.29, 0.717) is 5.92 Å².